The number of carbonyl (C=O) groups excluding carboxylic acids is 1. The van der Waals surface area contributed by atoms with Gasteiger partial charge in [-0.2, -0.15) is 0 Å². The van der Waals surface area contributed by atoms with Crippen LogP contribution in [-0.2, 0) is 19.5 Å². The van der Waals surface area contributed by atoms with Crippen molar-refractivity contribution in [3.63, 3.8) is 0 Å². The minimum Gasteiger partial charge on any atom is -0.444 e. The van der Waals surface area contributed by atoms with Crippen LogP contribution in [0.1, 0.15) is 33.6 Å². The van der Waals surface area contributed by atoms with Gasteiger partial charge in [-0.1, -0.05) is 0 Å². The number of hydrogen-bond acceptors (Lipinski definition) is 8. The Morgan fingerprint density at radius 1 is 1.08 bits per heavy atom. The summed E-state index contributed by atoms with van der Waals surface area (Å²) < 4.78 is 51.5. The van der Waals surface area contributed by atoms with Crippen LogP contribution >= 0.6 is 0 Å². The molecule has 37 heavy (non-hydrogen) atoms. The predicted octanol–water partition coefficient (Wildman–Crippen LogP) is 1.97. The summed E-state index contributed by atoms with van der Waals surface area (Å²) in [5, 5.41) is 0. The van der Waals surface area contributed by atoms with Crippen molar-refractivity contribution in [3.8, 4) is 0 Å². The van der Waals surface area contributed by atoms with Crippen molar-refractivity contribution in [1.82, 2.24) is 19.4 Å². The molecule has 0 saturated carbocycles. The maximum atomic E-state index is 13.5. The number of rotatable bonds is 10. The molecule has 1 aromatic rings. The highest BCUT2D eigenvalue weighted by atomic mass is 32.2. The van der Waals surface area contributed by atoms with E-state index in [4.69, 9.17) is 15.2 Å². The highest BCUT2D eigenvalue weighted by Gasteiger charge is 2.28. The standard InChI is InChI=1S/C25H42FN5O5S/c1-25(2,3)36-24(32)31-13-11-30(12-14-31)19-20-6-9-29(10-7-20)15-17-35-16-8-28-37(33,34)21-4-5-23(27)22(26)18-21/h4-5,18,20,28H,6-17,19,27H2,1-3H3. The minimum absolute atomic E-state index is 0.0931. The second-order valence-corrected chi connectivity index (χ2v) is 12.5. The average molecular weight is 544 g/mol. The summed E-state index contributed by atoms with van der Waals surface area (Å²) >= 11 is 0. The van der Waals surface area contributed by atoms with Crippen molar-refractivity contribution in [2.75, 3.05) is 77.9 Å². The number of nitrogens with one attached hydrogen (secondary N) is 1. The third-order valence-corrected chi connectivity index (χ3v) is 8.08. The van der Waals surface area contributed by atoms with Crippen LogP contribution < -0.4 is 10.5 Å². The Balaban J connectivity index is 1.24. The summed E-state index contributed by atoms with van der Waals surface area (Å²) in [5.74, 6) is -0.110. The molecule has 2 aliphatic heterocycles. The van der Waals surface area contributed by atoms with Crippen molar-refractivity contribution in [2.24, 2.45) is 5.92 Å². The van der Waals surface area contributed by atoms with Crippen LogP contribution in [0.25, 0.3) is 0 Å². The molecule has 0 atom stereocenters. The molecule has 3 rings (SSSR count). The van der Waals surface area contributed by atoms with Gasteiger partial charge in [0.1, 0.15) is 11.4 Å². The van der Waals surface area contributed by atoms with Crippen LogP contribution in [0.3, 0.4) is 0 Å². The first-order chi connectivity index (χ1) is 17.4. The van der Waals surface area contributed by atoms with Crippen LogP contribution in [0.2, 0.25) is 0 Å². The first kappa shape index (κ1) is 29.6. The first-order valence-electron chi connectivity index (χ1n) is 13.0. The maximum absolute atomic E-state index is 13.5. The number of amides is 1. The van der Waals surface area contributed by atoms with E-state index in [2.05, 4.69) is 14.5 Å². The fourth-order valence-electron chi connectivity index (χ4n) is 4.50. The Bertz CT molecular complexity index is 988. The minimum atomic E-state index is -3.81. The number of likely N-dealkylation sites (tertiary alicyclic amines) is 1. The van der Waals surface area contributed by atoms with Crippen molar-refractivity contribution in [2.45, 2.75) is 44.1 Å². The number of nitrogens with zero attached hydrogens (tertiary/aromatic N) is 3. The van der Waals surface area contributed by atoms with Gasteiger partial charge in [0.2, 0.25) is 10.0 Å². The molecule has 0 radical (unpaired) electrons. The number of hydrogen-bond donors (Lipinski definition) is 2. The molecule has 1 amide bonds. The fraction of sp³-hybridized carbons (Fsp3) is 0.720. The van der Waals surface area contributed by atoms with Gasteiger partial charge in [0.15, 0.2) is 0 Å². The molecule has 2 saturated heterocycles. The molecular formula is C25H42FN5O5S. The Morgan fingerprint density at radius 2 is 1.76 bits per heavy atom. The van der Waals surface area contributed by atoms with Gasteiger partial charge in [0.05, 0.1) is 23.8 Å². The van der Waals surface area contributed by atoms with Crippen molar-refractivity contribution < 1.29 is 27.1 Å². The summed E-state index contributed by atoms with van der Waals surface area (Å²) in [5.41, 5.74) is 4.83. The lowest BCUT2D eigenvalue weighted by Gasteiger charge is -2.39. The van der Waals surface area contributed by atoms with Crippen molar-refractivity contribution >= 4 is 21.8 Å². The number of carbonyl (C=O) groups is 1. The van der Waals surface area contributed by atoms with Gasteiger partial charge in [0, 0.05) is 45.8 Å². The Labute approximate surface area is 220 Å². The summed E-state index contributed by atoms with van der Waals surface area (Å²) in [6.07, 6.45) is 2.03. The van der Waals surface area contributed by atoms with Gasteiger partial charge < -0.3 is 25.0 Å². The molecule has 12 heteroatoms. The lowest BCUT2D eigenvalue weighted by atomic mass is 9.96. The van der Waals surface area contributed by atoms with Crippen molar-refractivity contribution in [1.29, 1.82) is 0 Å². The third kappa shape index (κ3) is 9.68. The number of nitrogens with two attached hydrogens (primary N) is 1. The van der Waals surface area contributed by atoms with Crippen molar-refractivity contribution in [3.05, 3.63) is 24.0 Å². The monoisotopic (exact) mass is 543 g/mol. The quantitative estimate of drug-likeness (QED) is 0.340. The van der Waals surface area contributed by atoms with E-state index in [1.165, 1.54) is 12.1 Å². The number of sulfonamides is 1. The van der Waals surface area contributed by atoms with Crippen LogP contribution in [0.4, 0.5) is 14.9 Å². The molecular weight excluding hydrogens is 501 g/mol. The number of halogens is 1. The number of anilines is 1. The van der Waals surface area contributed by atoms with Gasteiger partial charge in [-0.25, -0.2) is 22.3 Å². The van der Waals surface area contributed by atoms with Gasteiger partial charge in [0.25, 0.3) is 0 Å². The predicted molar refractivity (Wildman–Crippen MR) is 140 cm³/mol. The van der Waals surface area contributed by atoms with E-state index in [-0.39, 0.29) is 29.8 Å². The second-order valence-electron chi connectivity index (χ2n) is 10.7. The third-order valence-electron chi connectivity index (χ3n) is 6.62. The highest BCUT2D eigenvalue weighted by Crippen LogP contribution is 2.20. The van der Waals surface area contributed by atoms with E-state index in [0.717, 1.165) is 58.2 Å². The molecule has 3 N–H and O–H groups in total. The number of piperazine rings is 1. The van der Waals surface area contributed by atoms with E-state index in [1.807, 2.05) is 20.8 Å². The molecule has 0 unspecified atom stereocenters. The molecule has 0 aliphatic carbocycles. The zero-order valence-corrected chi connectivity index (χ0v) is 23.1. The maximum Gasteiger partial charge on any atom is 0.410 e. The summed E-state index contributed by atoms with van der Waals surface area (Å²) in [6, 6.07) is 3.41. The van der Waals surface area contributed by atoms with Gasteiger partial charge in [-0.3, -0.25) is 4.90 Å². The molecule has 0 spiro atoms. The van der Waals surface area contributed by atoms with E-state index in [0.29, 0.717) is 25.6 Å². The zero-order valence-electron chi connectivity index (χ0n) is 22.2. The van der Waals surface area contributed by atoms with E-state index in [9.17, 15) is 17.6 Å². The first-order valence-corrected chi connectivity index (χ1v) is 14.5. The molecule has 210 valence electrons. The largest absolute Gasteiger partial charge is 0.444 e. The lowest BCUT2D eigenvalue weighted by molar-refractivity contribution is 0.0119. The Hall–Kier alpha value is -1.99. The molecule has 10 nitrogen and oxygen atoms in total. The number of nitrogen functional groups attached to an aromatic ring is 1. The normalized spacial score (nSPS) is 18.8. The second kappa shape index (κ2) is 13.2. The summed E-state index contributed by atoms with van der Waals surface area (Å²) in [7, 11) is -3.81. The van der Waals surface area contributed by atoms with E-state index < -0.39 is 21.4 Å². The number of piperidine rings is 1. The molecule has 0 bridgehead atoms. The van der Waals surface area contributed by atoms with Gasteiger partial charge in [-0.05, 0) is 70.8 Å². The number of ether oxygens (including phenoxy) is 2. The van der Waals surface area contributed by atoms with Crippen LogP contribution in [0, 0.1) is 11.7 Å². The van der Waals surface area contributed by atoms with Crippen LogP contribution in [0.15, 0.2) is 23.1 Å². The molecule has 2 heterocycles. The summed E-state index contributed by atoms with van der Waals surface area (Å²) in [4.78, 5) is 18.7. The Kier molecular flexibility index (Phi) is 10.5. The van der Waals surface area contributed by atoms with E-state index in [1.54, 1.807) is 4.90 Å². The molecule has 2 aliphatic rings. The van der Waals surface area contributed by atoms with Crippen LogP contribution in [-0.4, -0.2) is 107 Å². The summed E-state index contributed by atoms with van der Waals surface area (Å²) in [6.45, 7) is 13.6. The van der Waals surface area contributed by atoms with Gasteiger partial charge in [-0.15, -0.1) is 0 Å². The van der Waals surface area contributed by atoms with Gasteiger partial charge >= 0.3 is 6.09 Å². The van der Waals surface area contributed by atoms with E-state index >= 15 is 0 Å². The Morgan fingerprint density at radius 3 is 2.38 bits per heavy atom. The van der Waals surface area contributed by atoms with Crippen LogP contribution in [0.5, 0.6) is 0 Å². The fourth-order valence-corrected chi connectivity index (χ4v) is 5.52. The average Bonchev–Trinajstić information content (AvgIpc) is 2.83. The highest BCUT2D eigenvalue weighted by molar-refractivity contribution is 7.89. The smallest absolute Gasteiger partial charge is 0.410 e. The molecule has 2 fully saturated rings. The zero-order chi connectivity index (χ0) is 27.1. The lowest BCUT2D eigenvalue weighted by Crippen LogP contribution is -2.51. The number of benzene rings is 1. The molecule has 1 aromatic carbocycles. The molecule has 0 aromatic heterocycles. The topological polar surface area (TPSA) is 117 Å². The SMILES string of the molecule is CC(C)(C)OC(=O)N1CCN(CC2CCN(CCOCCNS(=O)(=O)c3ccc(N)c(F)c3)CC2)CC1.